The van der Waals surface area contributed by atoms with Crippen molar-refractivity contribution in [1.82, 2.24) is 5.32 Å². The van der Waals surface area contributed by atoms with Crippen molar-refractivity contribution in [2.75, 3.05) is 13.1 Å². The van der Waals surface area contributed by atoms with Gasteiger partial charge < -0.3 is 15.8 Å². The molecule has 1 aromatic carbocycles. The van der Waals surface area contributed by atoms with Crippen LogP contribution in [0.25, 0.3) is 0 Å². The first kappa shape index (κ1) is 15.0. The van der Waals surface area contributed by atoms with Gasteiger partial charge in [-0.3, -0.25) is 4.79 Å². The van der Waals surface area contributed by atoms with Crippen LogP contribution in [0.1, 0.15) is 36.8 Å². The third-order valence-electron chi connectivity index (χ3n) is 3.89. The van der Waals surface area contributed by atoms with Crippen LogP contribution in [0.15, 0.2) is 24.3 Å². The molecule has 0 aromatic heterocycles. The molecule has 0 aliphatic carbocycles. The largest absolute Gasteiger partial charge is 0.364 e. The van der Waals surface area contributed by atoms with Gasteiger partial charge in [0.05, 0.1) is 6.10 Å². The van der Waals surface area contributed by atoms with Crippen molar-refractivity contribution in [3.63, 3.8) is 0 Å². The molecule has 4 nitrogen and oxygen atoms in total. The number of carbonyl (C=O) groups is 1. The molecule has 20 heavy (non-hydrogen) atoms. The number of ether oxygens (including phenoxy) is 1. The van der Waals surface area contributed by atoms with Gasteiger partial charge in [-0.1, -0.05) is 36.8 Å². The number of carbonyl (C=O) groups excluding carboxylic acids is 1. The number of rotatable bonds is 5. The van der Waals surface area contributed by atoms with Crippen LogP contribution in [0.4, 0.5) is 0 Å². The van der Waals surface area contributed by atoms with Gasteiger partial charge in [-0.05, 0) is 31.2 Å². The maximum absolute atomic E-state index is 12.0. The Balaban J connectivity index is 1.80. The second-order valence-electron chi connectivity index (χ2n) is 5.62. The summed E-state index contributed by atoms with van der Waals surface area (Å²) < 4.78 is 5.59. The summed E-state index contributed by atoms with van der Waals surface area (Å²) in [6, 6.07) is 8.42. The number of benzene rings is 1. The monoisotopic (exact) mass is 276 g/mol. The van der Waals surface area contributed by atoms with E-state index >= 15 is 0 Å². The molecule has 1 heterocycles. The van der Waals surface area contributed by atoms with Gasteiger partial charge in [-0.25, -0.2) is 0 Å². The first-order valence-corrected chi connectivity index (χ1v) is 7.30. The summed E-state index contributed by atoms with van der Waals surface area (Å²) in [4.78, 5) is 12.0. The molecule has 1 aliphatic rings. The minimum absolute atomic E-state index is 0.0140. The molecule has 0 bridgehead atoms. The molecule has 1 amide bonds. The van der Waals surface area contributed by atoms with Gasteiger partial charge in [-0.2, -0.15) is 0 Å². The molecule has 1 aromatic rings. The topological polar surface area (TPSA) is 64.4 Å². The molecule has 0 spiro atoms. The first-order valence-electron chi connectivity index (χ1n) is 7.30. The zero-order chi connectivity index (χ0) is 14.5. The Morgan fingerprint density at radius 2 is 2.10 bits per heavy atom. The highest BCUT2D eigenvalue weighted by atomic mass is 16.5. The number of hydrogen-bond donors (Lipinski definition) is 2. The van der Waals surface area contributed by atoms with Crippen LogP contribution in [-0.4, -0.2) is 31.2 Å². The van der Waals surface area contributed by atoms with Gasteiger partial charge in [0.15, 0.2) is 0 Å². The lowest BCUT2D eigenvalue weighted by Crippen LogP contribution is -2.37. The molecule has 3 atom stereocenters. The molecule has 1 aliphatic heterocycles. The summed E-state index contributed by atoms with van der Waals surface area (Å²) in [5.74, 6) is 0.283. The number of aryl methyl sites for hydroxylation is 1. The van der Waals surface area contributed by atoms with E-state index in [1.807, 2.05) is 0 Å². The molecule has 110 valence electrons. The molecule has 0 saturated carbocycles. The summed E-state index contributed by atoms with van der Waals surface area (Å²) in [6.45, 7) is 5.31. The van der Waals surface area contributed by atoms with E-state index in [1.54, 1.807) is 0 Å². The van der Waals surface area contributed by atoms with E-state index in [2.05, 4.69) is 43.4 Å². The van der Waals surface area contributed by atoms with E-state index in [9.17, 15) is 4.79 Å². The van der Waals surface area contributed by atoms with Gasteiger partial charge in [0.1, 0.15) is 6.10 Å². The Labute approximate surface area is 120 Å². The van der Waals surface area contributed by atoms with E-state index in [1.165, 1.54) is 11.1 Å². The fourth-order valence-electron chi connectivity index (χ4n) is 2.45. The Bertz CT molecular complexity index is 444. The highest BCUT2D eigenvalue weighted by Gasteiger charge is 2.29. The van der Waals surface area contributed by atoms with E-state index in [0.717, 1.165) is 12.8 Å². The summed E-state index contributed by atoms with van der Waals surface area (Å²) in [5.41, 5.74) is 8.04. The van der Waals surface area contributed by atoms with E-state index in [0.29, 0.717) is 19.0 Å². The fourth-order valence-corrected chi connectivity index (χ4v) is 2.45. The Morgan fingerprint density at radius 3 is 2.70 bits per heavy atom. The van der Waals surface area contributed by atoms with Crippen LogP contribution in [0, 0.1) is 6.92 Å². The molecule has 1 unspecified atom stereocenters. The predicted octanol–water partition coefficient (Wildman–Crippen LogP) is 1.72. The van der Waals surface area contributed by atoms with E-state index in [-0.39, 0.29) is 18.1 Å². The van der Waals surface area contributed by atoms with Crippen LogP contribution in [0.5, 0.6) is 0 Å². The van der Waals surface area contributed by atoms with Crippen molar-refractivity contribution in [2.45, 2.75) is 44.8 Å². The van der Waals surface area contributed by atoms with Gasteiger partial charge in [-0.15, -0.1) is 0 Å². The maximum Gasteiger partial charge on any atom is 0.249 e. The Morgan fingerprint density at radius 1 is 1.40 bits per heavy atom. The van der Waals surface area contributed by atoms with Crippen molar-refractivity contribution in [2.24, 2.45) is 5.73 Å². The summed E-state index contributed by atoms with van der Waals surface area (Å²) in [5, 5.41) is 2.98. The average Bonchev–Trinajstić information content (AvgIpc) is 2.94. The molecule has 4 heteroatoms. The highest BCUT2D eigenvalue weighted by Crippen LogP contribution is 2.19. The predicted molar refractivity (Wildman–Crippen MR) is 79.6 cm³/mol. The lowest BCUT2D eigenvalue weighted by Gasteiger charge is -2.16. The maximum atomic E-state index is 12.0. The Kier molecular flexibility index (Phi) is 5.15. The second-order valence-corrected chi connectivity index (χ2v) is 5.62. The van der Waals surface area contributed by atoms with Crippen LogP contribution in [-0.2, 0) is 9.53 Å². The standard InChI is InChI=1S/C16H24N2O2/c1-11-3-5-13(6-4-11)12(2)10-18-16(19)15-8-7-14(9-17)20-15/h3-6,12,14-15H,7-10,17H2,1-2H3,(H,18,19)/t12?,14-,15+/m1/s1. The lowest BCUT2D eigenvalue weighted by atomic mass is 10.00. The fraction of sp³-hybridized carbons (Fsp3) is 0.562. The number of nitrogens with one attached hydrogen (secondary N) is 1. The average molecular weight is 276 g/mol. The smallest absolute Gasteiger partial charge is 0.249 e. The minimum Gasteiger partial charge on any atom is -0.364 e. The quantitative estimate of drug-likeness (QED) is 0.860. The molecule has 3 N–H and O–H groups in total. The highest BCUT2D eigenvalue weighted by molar-refractivity contribution is 5.81. The van der Waals surface area contributed by atoms with Gasteiger partial charge in [0.2, 0.25) is 5.91 Å². The number of nitrogens with two attached hydrogens (primary N) is 1. The van der Waals surface area contributed by atoms with Crippen LogP contribution in [0.3, 0.4) is 0 Å². The molecular formula is C16H24N2O2. The normalized spacial score (nSPS) is 23.6. The SMILES string of the molecule is Cc1ccc(C(C)CNC(=O)[C@@H]2CC[C@H](CN)O2)cc1. The first-order chi connectivity index (χ1) is 9.60. The van der Waals surface area contributed by atoms with Gasteiger partial charge in [0, 0.05) is 13.1 Å². The number of hydrogen-bond acceptors (Lipinski definition) is 3. The van der Waals surface area contributed by atoms with Crippen molar-refractivity contribution >= 4 is 5.91 Å². The van der Waals surface area contributed by atoms with Crippen LogP contribution in [0.2, 0.25) is 0 Å². The molecule has 1 saturated heterocycles. The minimum atomic E-state index is -0.325. The van der Waals surface area contributed by atoms with E-state index < -0.39 is 0 Å². The van der Waals surface area contributed by atoms with Crippen molar-refractivity contribution in [3.8, 4) is 0 Å². The van der Waals surface area contributed by atoms with Crippen molar-refractivity contribution < 1.29 is 9.53 Å². The molecule has 2 rings (SSSR count). The zero-order valence-corrected chi connectivity index (χ0v) is 12.3. The van der Waals surface area contributed by atoms with Crippen LogP contribution < -0.4 is 11.1 Å². The molecule has 0 radical (unpaired) electrons. The van der Waals surface area contributed by atoms with Crippen LogP contribution >= 0.6 is 0 Å². The molecule has 1 fully saturated rings. The summed E-state index contributed by atoms with van der Waals surface area (Å²) in [7, 11) is 0. The third kappa shape index (κ3) is 3.81. The van der Waals surface area contributed by atoms with E-state index in [4.69, 9.17) is 10.5 Å². The number of amides is 1. The second kappa shape index (κ2) is 6.86. The zero-order valence-electron chi connectivity index (χ0n) is 12.3. The van der Waals surface area contributed by atoms with Gasteiger partial charge in [0.25, 0.3) is 0 Å². The van der Waals surface area contributed by atoms with Gasteiger partial charge >= 0.3 is 0 Å². The van der Waals surface area contributed by atoms with Crippen molar-refractivity contribution in [1.29, 1.82) is 0 Å². The summed E-state index contributed by atoms with van der Waals surface area (Å²) >= 11 is 0. The lowest BCUT2D eigenvalue weighted by molar-refractivity contribution is -0.131. The van der Waals surface area contributed by atoms with Crippen molar-refractivity contribution in [3.05, 3.63) is 35.4 Å². The molecular weight excluding hydrogens is 252 g/mol. The third-order valence-corrected chi connectivity index (χ3v) is 3.89. The summed E-state index contributed by atoms with van der Waals surface area (Å²) in [6.07, 6.45) is 1.36. The Hall–Kier alpha value is -1.39.